The molecule has 0 aromatic heterocycles. The van der Waals surface area contributed by atoms with Gasteiger partial charge in [0.1, 0.15) is 6.29 Å². The minimum atomic E-state index is -0.164. The normalized spacial score (nSPS) is 56.7. The van der Waals surface area contributed by atoms with Crippen molar-refractivity contribution in [2.75, 3.05) is 0 Å². The van der Waals surface area contributed by atoms with Crippen LogP contribution in [0.2, 0.25) is 0 Å². The molecule has 5 rings (SSSR count). The molecule has 0 radical (unpaired) electrons. The Labute approximate surface area is 197 Å². The van der Waals surface area contributed by atoms with Crippen molar-refractivity contribution in [2.45, 2.75) is 112 Å². The van der Waals surface area contributed by atoms with Crippen molar-refractivity contribution in [1.29, 1.82) is 0 Å². The van der Waals surface area contributed by atoms with Gasteiger partial charge in [0.2, 0.25) is 0 Å². The molecule has 0 bridgehead atoms. The Morgan fingerprint density at radius 1 is 0.906 bits per heavy atom. The van der Waals surface area contributed by atoms with Crippen molar-refractivity contribution in [3.8, 4) is 0 Å². The molecule has 0 heterocycles. The van der Waals surface area contributed by atoms with E-state index >= 15 is 0 Å². The van der Waals surface area contributed by atoms with E-state index in [9.17, 15) is 9.90 Å². The van der Waals surface area contributed by atoms with Crippen molar-refractivity contribution >= 4 is 6.29 Å². The van der Waals surface area contributed by atoms with Gasteiger partial charge in [0.25, 0.3) is 0 Å². The summed E-state index contributed by atoms with van der Waals surface area (Å²) in [5, 5.41) is 10.9. The Morgan fingerprint density at radius 3 is 2.31 bits per heavy atom. The lowest BCUT2D eigenvalue weighted by Gasteiger charge is -2.71. The fourth-order valence-electron chi connectivity index (χ4n) is 10.7. The molecule has 0 aromatic rings. The van der Waals surface area contributed by atoms with E-state index in [0.29, 0.717) is 35.0 Å². The zero-order valence-corrected chi connectivity index (χ0v) is 21.8. The van der Waals surface area contributed by atoms with Crippen LogP contribution in [0.1, 0.15) is 106 Å². The number of carbonyl (C=O) groups excluding carboxylic acids is 1. The molecule has 5 aliphatic carbocycles. The minimum Gasteiger partial charge on any atom is -0.393 e. The summed E-state index contributed by atoms with van der Waals surface area (Å²) in [6.07, 6.45) is 14.2. The van der Waals surface area contributed by atoms with Crippen molar-refractivity contribution in [2.24, 2.45) is 56.7 Å². The Balaban J connectivity index is 1.60. The first-order valence-corrected chi connectivity index (χ1v) is 13.7. The molecule has 180 valence electrons. The summed E-state index contributed by atoms with van der Waals surface area (Å²) in [6, 6.07) is 0. The highest BCUT2D eigenvalue weighted by atomic mass is 16.3. The number of carbonyl (C=O) groups is 1. The van der Waals surface area contributed by atoms with Crippen LogP contribution in [-0.2, 0) is 4.79 Å². The molecule has 0 unspecified atom stereocenters. The average molecular weight is 441 g/mol. The van der Waals surface area contributed by atoms with E-state index in [4.69, 9.17) is 0 Å². The number of aldehydes is 1. The molecule has 4 fully saturated rings. The molecule has 0 saturated heterocycles. The molecular weight excluding hydrogens is 392 g/mol. The first-order valence-electron chi connectivity index (χ1n) is 13.7. The predicted octanol–water partition coefficient (Wildman–Crippen LogP) is 7.20. The van der Waals surface area contributed by atoms with Crippen LogP contribution < -0.4 is 0 Å². The van der Waals surface area contributed by atoms with Crippen LogP contribution in [0.15, 0.2) is 11.6 Å². The number of fused-ring (bicyclic) bond motifs is 7. The fraction of sp³-hybridized carbons (Fsp3) is 0.900. The summed E-state index contributed by atoms with van der Waals surface area (Å²) in [6.45, 7) is 17.3. The van der Waals surface area contributed by atoms with E-state index in [0.717, 1.165) is 25.7 Å². The maximum Gasteiger partial charge on any atom is 0.126 e. The molecule has 0 aromatic carbocycles. The molecular formula is C30H48O2. The maximum atomic E-state index is 12.6. The molecule has 32 heavy (non-hydrogen) atoms. The van der Waals surface area contributed by atoms with Gasteiger partial charge in [-0.25, -0.2) is 0 Å². The number of rotatable bonds is 1. The average Bonchev–Trinajstić information content (AvgIpc) is 2.74. The molecule has 5 aliphatic rings. The third-order valence-electron chi connectivity index (χ3n) is 13.3. The second-order valence-corrected chi connectivity index (χ2v) is 14.4. The van der Waals surface area contributed by atoms with Gasteiger partial charge >= 0.3 is 0 Å². The van der Waals surface area contributed by atoms with Gasteiger partial charge in [-0.2, -0.15) is 0 Å². The van der Waals surface area contributed by atoms with Crippen LogP contribution in [-0.4, -0.2) is 17.5 Å². The van der Waals surface area contributed by atoms with Crippen LogP contribution in [0.5, 0.6) is 0 Å². The summed E-state index contributed by atoms with van der Waals surface area (Å²) < 4.78 is 0. The fourth-order valence-corrected chi connectivity index (χ4v) is 10.7. The highest BCUT2D eigenvalue weighted by Crippen LogP contribution is 2.75. The summed E-state index contributed by atoms with van der Waals surface area (Å²) in [7, 11) is 0. The Kier molecular flexibility index (Phi) is 5.03. The van der Waals surface area contributed by atoms with Crippen LogP contribution in [0.3, 0.4) is 0 Å². The number of aliphatic hydroxyl groups is 1. The minimum absolute atomic E-state index is 0.00573. The topological polar surface area (TPSA) is 37.3 Å². The van der Waals surface area contributed by atoms with Gasteiger partial charge in [0, 0.05) is 5.41 Å². The van der Waals surface area contributed by atoms with Gasteiger partial charge in [-0.05, 0) is 109 Å². The zero-order valence-electron chi connectivity index (χ0n) is 21.8. The van der Waals surface area contributed by atoms with E-state index in [1.54, 1.807) is 5.57 Å². The smallest absolute Gasteiger partial charge is 0.126 e. The standard InChI is InChI=1S/C30H48O2/c1-19-10-15-30(18-31)17-16-28(6)21(25(30)20(19)2)8-9-23-27(5)13-12-24(32)26(3,4)22(27)11-14-29(23,28)7/h8,18-20,22-25,32H,9-17H2,1-7H3/t19-,20+,22+,23-,24+,25+,27+,28-,29-,30-/m1/s1. The molecule has 2 nitrogen and oxygen atoms in total. The first kappa shape index (κ1) is 23.1. The third-order valence-corrected chi connectivity index (χ3v) is 13.3. The maximum absolute atomic E-state index is 12.6. The third kappa shape index (κ3) is 2.60. The zero-order chi connectivity index (χ0) is 23.3. The van der Waals surface area contributed by atoms with E-state index in [1.807, 2.05) is 0 Å². The molecule has 1 N–H and O–H groups in total. The largest absolute Gasteiger partial charge is 0.393 e. The summed E-state index contributed by atoms with van der Waals surface area (Å²) >= 11 is 0. The summed E-state index contributed by atoms with van der Waals surface area (Å²) in [4.78, 5) is 12.6. The molecule has 0 spiro atoms. The van der Waals surface area contributed by atoms with Crippen molar-refractivity contribution < 1.29 is 9.90 Å². The predicted molar refractivity (Wildman–Crippen MR) is 131 cm³/mol. The first-order chi connectivity index (χ1) is 14.9. The molecule has 4 saturated carbocycles. The van der Waals surface area contributed by atoms with Gasteiger partial charge in [0.15, 0.2) is 0 Å². The van der Waals surface area contributed by atoms with Gasteiger partial charge in [-0.3, -0.25) is 0 Å². The Morgan fingerprint density at radius 2 is 1.62 bits per heavy atom. The van der Waals surface area contributed by atoms with Crippen LogP contribution in [0.4, 0.5) is 0 Å². The second-order valence-electron chi connectivity index (χ2n) is 14.4. The quantitative estimate of drug-likeness (QED) is 0.346. The van der Waals surface area contributed by atoms with Gasteiger partial charge in [-0.1, -0.05) is 60.1 Å². The van der Waals surface area contributed by atoms with Crippen molar-refractivity contribution in [3.05, 3.63) is 11.6 Å². The van der Waals surface area contributed by atoms with Crippen molar-refractivity contribution in [3.63, 3.8) is 0 Å². The molecule has 10 atom stereocenters. The van der Waals surface area contributed by atoms with E-state index < -0.39 is 0 Å². The summed E-state index contributed by atoms with van der Waals surface area (Å²) in [5.41, 5.74) is 2.35. The van der Waals surface area contributed by atoms with Crippen molar-refractivity contribution in [1.82, 2.24) is 0 Å². The number of hydrogen-bond acceptors (Lipinski definition) is 2. The molecule has 0 amide bonds. The lowest BCUT2D eigenvalue weighted by molar-refractivity contribution is -0.203. The summed E-state index contributed by atoms with van der Waals surface area (Å²) in [5.74, 6) is 3.01. The van der Waals surface area contributed by atoms with E-state index in [2.05, 4.69) is 54.5 Å². The van der Waals surface area contributed by atoms with Crippen LogP contribution >= 0.6 is 0 Å². The molecule has 2 heteroatoms. The van der Waals surface area contributed by atoms with E-state index in [1.165, 1.54) is 38.4 Å². The lowest BCUT2D eigenvalue weighted by atomic mass is 9.33. The second kappa shape index (κ2) is 6.96. The van der Waals surface area contributed by atoms with Gasteiger partial charge in [0.05, 0.1) is 6.10 Å². The highest BCUT2D eigenvalue weighted by Gasteiger charge is 2.68. The number of hydrogen-bond donors (Lipinski definition) is 1. The molecule has 0 aliphatic heterocycles. The van der Waals surface area contributed by atoms with Crippen LogP contribution in [0, 0.1) is 56.7 Å². The Hall–Kier alpha value is -0.630. The van der Waals surface area contributed by atoms with E-state index in [-0.39, 0.29) is 27.8 Å². The van der Waals surface area contributed by atoms with Gasteiger partial charge < -0.3 is 9.90 Å². The number of allylic oxidation sites excluding steroid dienone is 2. The Bertz CT molecular complexity index is 827. The SMILES string of the molecule is C[C@H]1[C@H](C)CC[C@]2(C=O)CC[C@]3(C)C(=CC[C@@H]4[C@@]5(C)CC[C@H](O)C(C)(C)[C@@H]5CC[C@]43C)[C@H]12. The number of aliphatic hydroxyl groups excluding tert-OH is 1. The van der Waals surface area contributed by atoms with Crippen LogP contribution in [0.25, 0.3) is 0 Å². The van der Waals surface area contributed by atoms with Gasteiger partial charge in [-0.15, -0.1) is 0 Å². The highest BCUT2D eigenvalue weighted by molar-refractivity contribution is 5.63. The monoisotopic (exact) mass is 440 g/mol. The lowest BCUT2D eigenvalue weighted by Crippen LogP contribution is -2.65.